The van der Waals surface area contributed by atoms with Gasteiger partial charge in [0.25, 0.3) is 0 Å². The first-order chi connectivity index (χ1) is 7.81. The summed E-state index contributed by atoms with van der Waals surface area (Å²) in [4.78, 5) is 15.9. The van der Waals surface area contributed by atoms with Crippen molar-refractivity contribution in [2.24, 2.45) is 0 Å². The molecule has 0 bridgehead atoms. The van der Waals surface area contributed by atoms with Crippen LogP contribution in [-0.4, -0.2) is 17.8 Å². The van der Waals surface area contributed by atoms with Crippen LogP contribution in [0.15, 0.2) is 48.8 Å². The first-order valence-corrected chi connectivity index (χ1v) is 5.04. The molecular weight excluding hydrogens is 200 g/mol. The number of carbonyl (C=O) groups excluding carboxylic acids is 1. The lowest BCUT2D eigenvalue weighted by Gasteiger charge is -2.02. The number of rotatable bonds is 3. The minimum atomic E-state index is 0.0186. The molecule has 1 aromatic heterocycles. The highest BCUT2D eigenvalue weighted by molar-refractivity contribution is 6.09. The molecule has 2 aromatic rings. The van der Waals surface area contributed by atoms with Gasteiger partial charge in [-0.25, -0.2) is 0 Å². The lowest BCUT2D eigenvalue weighted by atomic mass is 10.0. The van der Waals surface area contributed by atoms with E-state index < -0.39 is 0 Å². The Morgan fingerprint density at radius 1 is 1.00 bits per heavy atom. The van der Waals surface area contributed by atoms with E-state index in [0.717, 1.165) is 5.69 Å². The number of aromatic nitrogens is 1. The van der Waals surface area contributed by atoms with Crippen LogP contribution in [0.25, 0.3) is 0 Å². The zero-order valence-corrected chi connectivity index (χ0v) is 8.97. The van der Waals surface area contributed by atoms with Crippen molar-refractivity contribution in [2.75, 3.05) is 12.4 Å². The van der Waals surface area contributed by atoms with Gasteiger partial charge in [0.15, 0.2) is 5.78 Å². The molecule has 2 rings (SSSR count). The third-order valence-electron chi connectivity index (χ3n) is 2.38. The van der Waals surface area contributed by atoms with Gasteiger partial charge in [-0.1, -0.05) is 0 Å². The number of hydrogen-bond donors (Lipinski definition) is 1. The molecule has 0 aliphatic rings. The van der Waals surface area contributed by atoms with Crippen molar-refractivity contribution in [3.8, 4) is 0 Å². The van der Waals surface area contributed by atoms with Crippen LogP contribution in [0.3, 0.4) is 0 Å². The topological polar surface area (TPSA) is 42.0 Å². The fourth-order valence-electron chi connectivity index (χ4n) is 1.46. The smallest absolute Gasteiger partial charge is 0.193 e. The second kappa shape index (κ2) is 4.57. The molecule has 0 amide bonds. The summed E-state index contributed by atoms with van der Waals surface area (Å²) < 4.78 is 0. The van der Waals surface area contributed by atoms with Crippen molar-refractivity contribution in [1.82, 2.24) is 4.98 Å². The maximum absolute atomic E-state index is 12.0. The highest BCUT2D eigenvalue weighted by Gasteiger charge is 2.07. The lowest BCUT2D eigenvalue weighted by molar-refractivity contribution is 0.103. The molecule has 0 saturated carbocycles. The summed E-state index contributed by atoms with van der Waals surface area (Å²) >= 11 is 0. The summed E-state index contributed by atoms with van der Waals surface area (Å²) in [6, 6.07) is 10.8. The molecule has 0 unspecified atom stereocenters. The van der Waals surface area contributed by atoms with Crippen molar-refractivity contribution >= 4 is 11.5 Å². The Morgan fingerprint density at radius 2 is 1.56 bits per heavy atom. The maximum atomic E-state index is 12.0. The van der Waals surface area contributed by atoms with Gasteiger partial charge in [0.1, 0.15) is 0 Å². The van der Waals surface area contributed by atoms with E-state index in [0.29, 0.717) is 11.1 Å². The Labute approximate surface area is 94.1 Å². The Bertz CT molecular complexity index is 477. The maximum Gasteiger partial charge on any atom is 0.193 e. The number of nitrogens with one attached hydrogen (secondary N) is 1. The van der Waals surface area contributed by atoms with E-state index in [1.165, 1.54) is 0 Å². The Morgan fingerprint density at radius 3 is 2.12 bits per heavy atom. The zero-order valence-electron chi connectivity index (χ0n) is 8.97. The summed E-state index contributed by atoms with van der Waals surface area (Å²) in [5, 5.41) is 3.01. The van der Waals surface area contributed by atoms with Crippen LogP contribution in [0, 0.1) is 0 Å². The van der Waals surface area contributed by atoms with Crippen molar-refractivity contribution in [3.63, 3.8) is 0 Å². The second-order valence-corrected chi connectivity index (χ2v) is 3.39. The molecule has 0 atom stereocenters. The van der Waals surface area contributed by atoms with Gasteiger partial charge in [-0.3, -0.25) is 9.78 Å². The number of pyridine rings is 1. The van der Waals surface area contributed by atoms with Gasteiger partial charge in [0, 0.05) is 36.3 Å². The van der Waals surface area contributed by atoms with E-state index >= 15 is 0 Å². The monoisotopic (exact) mass is 212 g/mol. The third kappa shape index (κ3) is 2.08. The van der Waals surface area contributed by atoms with Crippen molar-refractivity contribution < 1.29 is 4.79 Å². The number of hydrogen-bond acceptors (Lipinski definition) is 3. The molecule has 80 valence electrons. The molecule has 1 N–H and O–H groups in total. The first kappa shape index (κ1) is 10.4. The second-order valence-electron chi connectivity index (χ2n) is 3.39. The average Bonchev–Trinajstić information content (AvgIpc) is 2.39. The minimum absolute atomic E-state index is 0.0186. The molecule has 0 saturated heterocycles. The predicted octanol–water partition coefficient (Wildman–Crippen LogP) is 2.35. The molecule has 0 fully saturated rings. The first-order valence-electron chi connectivity index (χ1n) is 5.04. The Balaban J connectivity index is 2.28. The van der Waals surface area contributed by atoms with Crippen LogP contribution < -0.4 is 5.32 Å². The van der Waals surface area contributed by atoms with Gasteiger partial charge in [0.2, 0.25) is 0 Å². The highest BCUT2D eigenvalue weighted by Crippen LogP contribution is 2.12. The van der Waals surface area contributed by atoms with E-state index in [1.54, 1.807) is 24.5 Å². The van der Waals surface area contributed by atoms with Crippen molar-refractivity contribution in [1.29, 1.82) is 0 Å². The number of nitrogens with zero attached hydrogens (tertiary/aromatic N) is 1. The molecule has 0 aliphatic carbocycles. The molecule has 0 radical (unpaired) electrons. The van der Waals surface area contributed by atoms with Crippen LogP contribution in [-0.2, 0) is 0 Å². The van der Waals surface area contributed by atoms with E-state index in [2.05, 4.69) is 10.3 Å². The van der Waals surface area contributed by atoms with E-state index in [4.69, 9.17) is 0 Å². The van der Waals surface area contributed by atoms with Crippen LogP contribution in [0.5, 0.6) is 0 Å². The molecule has 16 heavy (non-hydrogen) atoms. The number of ketones is 1. The number of benzene rings is 1. The normalized spacial score (nSPS) is 9.81. The van der Waals surface area contributed by atoms with E-state index in [1.807, 2.05) is 31.3 Å². The SMILES string of the molecule is CNc1ccc(C(=O)c2ccncc2)cc1. The van der Waals surface area contributed by atoms with Gasteiger partial charge in [-0.2, -0.15) is 0 Å². The van der Waals surface area contributed by atoms with E-state index in [9.17, 15) is 4.79 Å². The average molecular weight is 212 g/mol. The standard InChI is InChI=1S/C13H12N2O/c1-14-12-4-2-10(3-5-12)13(16)11-6-8-15-9-7-11/h2-9,14H,1H3. The van der Waals surface area contributed by atoms with Crippen LogP contribution in [0.2, 0.25) is 0 Å². The van der Waals surface area contributed by atoms with E-state index in [-0.39, 0.29) is 5.78 Å². The van der Waals surface area contributed by atoms with Gasteiger partial charge in [0.05, 0.1) is 0 Å². The molecule has 3 nitrogen and oxygen atoms in total. The van der Waals surface area contributed by atoms with Crippen LogP contribution in [0.4, 0.5) is 5.69 Å². The minimum Gasteiger partial charge on any atom is -0.388 e. The summed E-state index contributed by atoms with van der Waals surface area (Å²) in [6.07, 6.45) is 3.24. The largest absolute Gasteiger partial charge is 0.388 e. The highest BCUT2D eigenvalue weighted by atomic mass is 16.1. The third-order valence-corrected chi connectivity index (χ3v) is 2.38. The van der Waals surface area contributed by atoms with Gasteiger partial charge < -0.3 is 5.32 Å². The molecular formula is C13H12N2O. The Kier molecular flexibility index (Phi) is 2.96. The summed E-state index contributed by atoms with van der Waals surface area (Å²) in [5.41, 5.74) is 2.34. The quantitative estimate of drug-likeness (QED) is 0.794. The Hall–Kier alpha value is -2.16. The fraction of sp³-hybridized carbons (Fsp3) is 0.0769. The molecule has 1 heterocycles. The molecule has 0 spiro atoms. The fourth-order valence-corrected chi connectivity index (χ4v) is 1.46. The lowest BCUT2D eigenvalue weighted by Crippen LogP contribution is -2.01. The number of carbonyl (C=O) groups is 1. The van der Waals surface area contributed by atoms with Crippen LogP contribution in [0.1, 0.15) is 15.9 Å². The van der Waals surface area contributed by atoms with Gasteiger partial charge in [-0.15, -0.1) is 0 Å². The van der Waals surface area contributed by atoms with Gasteiger partial charge >= 0.3 is 0 Å². The van der Waals surface area contributed by atoms with Crippen molar-refractivity contribution in [3.05, 3.63) is 59.9 Å². The number of anilines is 1. The molecule has 3 heteroatoms. The van der Waals surface area contributed by atoms with Crippen LogP contribution >= 0.6 is 0 Å². The summed E-state index contributed by atoms with van der Waals surface area (Å²) in [7, 11) is 1.85. The van der Waals surface area contributed by atoms with Gasteiger partial charge in [-0.05, 0) is 36.4 Å². The molecule has 0 aliphatic heterocycles. The predicted molar refractivity (Wildman–Crippen MR) is 63.7 cm³/mol. The summed E-state index contributed by atoms with van der Waals surface area (Å²) in [5.74, 6) is 0.0186. The van der Waals surface area contributed by atoms with Crippen molar-refractivity contribution in [2.45, 2.75) is 0 Å². The zero-order chi connectivity index (χ0) is 11.4. The summed E-state index contributed by atoms with van der Waals surface area (Å²) in [6.45, 7) is 0. The molecule has 1 aromatic carbocycles.